The third-order valence-electron chi connectivity index (χ3n) is 6.45. The number of benzene rings is 2. The van der Waals surface area contributed by atoms with Crippen molar-refractivity contribution in [2.45, 2.75) is 23.8 Å². The molecule has 1 aliphatic rings. The van der Waals surface area contributed by atoms with Gasteiger partial charge < -0.3 is 15.3 Å². The number of carbonyl (C=O) groups excluding carboxylic acids is 1. The van der Waals surface area contributed by atoms with Gasteiger partial charge in [0, 0.05) is 13.1 Å². The van der Waals surface area contributed by atoms with Gasteiger partial charge in [0.2, 0.25) is 6.41 Å². The van der Waals surface area contributed by atoms with Gasteiger partial charge in [-0.25, -0.2) is 22.5 Å². The summed E-state index contributed by atoms with van der Waals surface area (Å²) in [5.74, 6) is -0.658. The molecule has 0 bridgehead atoms. The second-order valence-electron chi connectivity index (χ2n) is 8.66. The summed E-state index contributed by atoms with van der Waals surface area (Å²) in [6.45, 7) is 1.05. The monoisotopic (exact) mass is 561 g/mol. The minimum atomic E-state index is -1.74. The van der Waals surface area contributed by atoms with Crippen molar-refractivity contribution in [3.05, 3.63) is 76.4 Å². The lowest BCUT2D eigenvalue weighted by Gasteiger charge is -2.32. The fourth-order valence-electron chi connectivity index (χ4n) is 4.46. The highest BCUT2D eigenvalue weighted by Gasteiger charge is 2.31. The van der Waals surface area contributed by atoms with Gasteiger partial charge >= 0.3 is 0 Å². The standard InChI is InChI=1S/C25H22Cl2FN5O3S/c26-18-6-7-19(22(28)21(18)27)31-24-17-12-20(23(35)15-8-10-32(14-34)11-9-15)33(25(17)30-13-29-24)37(36)16-4-2-1-3-5-16/h1-7,12-15,23,35H,8-11H2,(H,29,30,31). The molecular formula is C25H22Cl2FN5O3S. The maximum absolute atomic E-state index is 14.8. The quantitative estimate of drug-likeness (QED) is 0.240. The summed E-state index contributed by atoms with van der Waals surface area (Å²) in [5.41, 5.74) is 0.745. The van der Waals surface area contributed by atoms with Crippen LogP contribution in [-0.4, -0.2) is 47.7 Å². The van der Waals surface area contributed by atoms with Crippen LogP contribution in [0.5, 0.6) is 0 Å². The highest BCUT2D eigenvalue weighted by atomic mass is 35.5. The molecule has 1 fully saturated rings. The van der Waals surface area contributed by atoms with E-state index in [1.165, 1.54) is 22.4 Å². The predicted octanol–water partition coefficient (Wildman–Crippen LogP) is 5.09. The van der Waals surface area contributed by atoms with Crippen LogP contribution in [0.4, 0.5) is 15.9 Å². The molecule has 2 aromatic carbocycles. The molecule has 8 nitrogen and oxygen atoms in total. The van der Waals surface area contributed by atoms with E-state index in [4.69, 9.17) is 23.2 Å². The number of nitrogens with one attached hydrogen (secondary N) is 1. The second-order valence-corrected chi connectivity index (χ2v) is 10.8. The molecule has 1 amide bonds. The molecule has 1 saturated heterocycles. The fourth-order valence-corrected chi connectivity index (χ4v) is 6.03. The first-order valence-electron chi connectivity index (χ1n) is 11.5. The molecule has 192 valence electrons. The number of anilines is 2. The highest BCUT2D eigenvalue weighted by Crippen LogP contribution is 2.37. The van der Waals surface area contributed by atoms with Gasteiger partial charge in [-0.3, -0.25) is 4.79 Å². The molecule has 2 unspecified atom stereocenters. The van der Waals surface area contributed by atoms with Crippen molar-refractivity contribution in [2.75, 3.05) is 18.4 Å². The van der Waals surface area contributed by atoms with E-state index in [0.29, 0.717) is 47.6 Å². The van der Waals surface area contributed by atoms with Gasteiger partial charge in [-0.2, -0.15) is 0 Å². The molecular weight excluding hydrogens is 540 g/mol. The molecule has 3 heterocycles. The maximum atomic E-state index is 14.8. The van der Waals surface area contributed by atoms with Crippen molar-refractivity contribution in [2.24, 2.45) is 5.92 Å². The van der Waals surface area contributed by atoms with E-state index in [1.807, 2.05) is 6.07 Å². The normalized spacial score (nSPS) is 16.1. The van der Waals surface area contributed by atoms with Crippen molar-refractivity contribution < 1.29 is 18.5 Å². The third-order valence-corrected chi connectivity index (χ3v) is 8.63. The Morgan fingerprint density at radius 2 is 1.86 bits per heavy atom. The average Bonchev–Trinajstić information content (AvgIpc) is 3.33. The van der Waals surface area contributed by atoms with Crippen LogP contribution < -0.4 is 5.32 Å². The van der Waals surface area contributed by atoms with Crippen LogP contribution in [-0.2, 0) is 15.8 Å². The third kappa shape index (κ3) is 4.94. The Bertz CT molecular complexity index is 1480. The minimum Gasteiger partial charge on any atom is -0.387 e. The Labute approximate surface area is 224 Å². The first kappa shape index (κ1) is 25.6. The molecule has 2 N–H and O–H groups in total. The molecule has 37 heavy (non-hydrogen) atoms. The Balaban J connectivity index is 1.61. The van der Waals surface area contributed by atoms with E-state index < -0.39 is 22.9 Å². The van der Waals surface area contributed by atoms with E-state index in [0.717, 1.165) is 6.41 Å². The summed E-state index contributed by atoms with van der Waals surface area (Å²) < 4.78 is 30.0. The van der Waals surface area contributed by atoms with Crippen LogP contribution in [0, 0.1) is 11.7 Å². The first-order valence-corrected chi connectivity index (χ1v) is 13.4. The lowest BCUT2D eigenvalue weighted by molar-refractivity contribution is -0.120. The molecule has 0 saturated carbocycles. The van der Waals surface area contributed by atoms with E-state index in [-0.39, 0.29) is 27.5 Å². The predicted molar refractivity (Wildman–Crippen MR) is 141 cm³/mol. The number of aliphatic hydroxyl groups excluding tert-OH is 1. The van der Waals surface area contributed by atoms with Gasteiger partial charge in [0.15, 0.2) is 22.5 Å². The zero-order valence-electron chi connectivity index (χ0n) is 19.4. The number of likely N-dealkylation sites (tertiary alicyclic amines) is 1. The average molecular weight is 562 g/mol. The van der Waals surface area contributed by atoms with Crippen LogP contribution in [0.1, 0.15) is 24.6 Å². The highest BCUT2D eigenvalue weighted by molar-refractivity contribution is 7.83. The summed E-state index contributed by atoms with van der Waals surface area (Å²) in [4.78, 5) is 22.0. The summed E-state index contributed by atoms with van der Waals surface area (Å²) >= 11 is 11.9. The number of aromatic nitrogens is 3. The van der Waals surface area contributed by atoms with Crippen molar-refractivity contribution in [3.63, 3.8) is 0 Å². The van der Waals surface area contributed by atoms with Gasteiger partial charge in [0.05, 0.1) is 37.8 Å². The minimum absolute atomic E-state index is 0.0506. The molecule has 4 aromatic rings. The summed E-state index contributed by atoms with van der Waals surface area (Å²) in [6, 6.07) is 13.4. The zero-order valence-corrected chi connectivity index (χ0v) is 21.7. The number of hydrogen-bond donors (Lipinski definition) is 2. The number of fused-ring (bicyclic) bond motifs is 1. The Kier molecular flexibility index (Phi) is 7.43. The smallest absolute Gasteiger partial charge is 0.209 e. The number of rotatable bonds is 7. The number of carbonyl (C=O) groups is 1. The topological polar surface area (TPSA) is 100 Å². The Morgan fingerprint density at radius 1 is 1.14 bits per heavy atom. The van der Waals surface area contributed by atoms with Crippen LogP contribution >= 0.6 is 23.2 Å². The number of piperidine rings is 1. The van der Waals surface area contributed by atoms with E-state index in [2.05, 4.69) is 15.3 Å². The lowest BCUT2D eigenvalue weighted by atomic mass is 9.90. The number of hydrogen-bond acceptors (Lipinski definition) is 6. The van der Waals surface area contributed by atoms with Crippen LogP contribution in [0.15, 0.2) is 59.8 Å². The Morgan fingerprint density at radius 3 is 2.57 bits per heavy atom. The van der Waals surface area contributed by atoms with Crippen molar-refractivity contribution in [3.8, 4) is 0 Å². The van der Waals surface area contributed by atoms with Crippen molar-refractivity contribution >= 4 is 63.1 Å². The maximum Gasteiger partial charge on any atom is 0.209 e. The molecule has 0 aliphatic carbocycles. The Hall–Kier alpha value is -3.05. The number of halogens is 3. The van der Waals surface area contributed by atoms with Crippen LogP contribution in [0.3, 0.4) is 0 Å². The molecule has 5 rings (SSSR count). The fraction of sp³-hybridized carbons (Fsp3) is 0.240. The van der Waals surface area contributed by atoms with Crippen LogP contribution in [0.25, 0.3) is 11.0 Å². The number of nitrogens with zero attached hydrogens (tertiary/aromatic N) is 4. The van der Waals surface area contributed by atoms with Crippen molar-refractivity contribution in [1.82, 2.24) is 18.8 Å². The SMILES string of the molecule is O=CN1CCC(C(O)c2cc3c(Nc4ccc(Cl)c(Cl)c4F)ncnc3n2S(=O)c2ccccc2)CC1. The lowest BCUT2D eigenvalue weighted by Crippen LogP contribution is -2.35. The van der Waals surface area contributed by atoms with E-state index in [1.54, 1.807) is 35.2 Å². The summed E-state index contributed by atoms with van der Waals surface area (Å²) in [6.07, 6.45) is 2.28. The molecule has 2 atom stereocenters. The van der Waals surface area contributed by atoms with Gasteiger partial charge in [-0.05, 0) is 49.1 Å². The molecule has 12 heteroatoms. The van der Waals surface area contributed by atoms with E-state index >= 15 is 0 Å². The first-order chi connectivity index (χ1) is 17.9. The largest absolute Gasteiger partial charge is 0.387 e. The second kappa shape index (κ2) is 10.7. The molecule has 2 aromatic heterocycles. The number of amides is 1. The number of aliphatic hydroxyl groups is 1. The molecule has 0 spiro atoms. The van der Waals surface area contributed by atoms with Gasteiger partial charge in [0.25, 0.3) is 0 Å². The van der Waals surface area contributed by atoms with Crippen LogP contribution in [0.2, 0.25) is 10.0 Å². The summed E-state index contributed by atoms with van der Waals surface area (Å²) in [7, 11) is -1.74. The zero-order chi connectivity index (χ0) is 26.1. The molecule has 1 aliphatic heterocycles. The van der Waals surface area contributed by atoms with Gasteiger partial charge in [-0.1, -0.05) is 41.4 Å². The van der Waals surface area contributed by atoms with Gasteiger partial charge in [0.1, 0.15) is 12.1 Å². The summed E-state index contributed by atoms with van der Waals surface area (Å²) in [5, 5.41) is 14.7. The van der Waals surface area contributed by atoms with E-state index in [9.17, 15) is 18.5 Å². The van der Waals surface area contributed by atoms with Gasteiger partial charge in [-0.15, -0.1) is 0 Å². The molecule has 0 radical (unpaired) electrons. The van der Waals surface area contributed by atoms with Crippen molar-refractivity contribution in [1.29, 1.82) is 0 Å².